The number of halogens is 5. The number of amides is 4. The molecule has 324 valence electrons. The second kappa shape index (κ2) is 16.0. The van der Waals surface area contributed by atoms with Gasteiger partial charge in [-0.1, -0.05) is 26.0 Å². The molecule has 4 amide bonds. The maximum atomic E-state index is 14.7. The fraction of sp³-hybridized carbons (Fsp3) is 0.615. The number of sulfonamides is 1. The predicted molar refractivity (Wildman–Crippen MR) is 202 cm³/mol. The molecular formula is C39H48F5N5O9S. The van der Waals surface area contributed by atoms with E-state index in [1.54, 1.807) is 25.1 Å². The smallest absolute Gasteiger partial charge is 0.427 e. The predicted octanol–water partition coefficient (Wildman–Crippen LogP) is 5.00. The summed E-state index contributed by atoms with van der Waals surface area (Å²) in [6.45, 7) is 3.26. The minimum atomic E-state index is -4.96. The van der Waals surface area contributed by atoms with Crippen molar-refractivity contribution in [1.82, 2.24) is 25.2 Å². The van der Waals surface area contributed by atoms with Crippen LogP contribution in [0.4, 0.5) is 26.7 Å². The summed E-state index contributed by atoms with van der Waals surface area (Å²) in [4.78, 5) is 61.5. The number of alkyl carbamates (subject to hydrolysis) is 1. The molecule has 1 aromatic heterocycles. The van der Waals surface area contributed by atoms with Gasteiger partial charge in [-0.3, -0.25) is 19.1 Å². The van der Waals surface area contributed by atoms with Gasteiger partial charge < -0.3 is 29.7 Å². The molecule has 2 aromatic rings. The highest BCUT2D eigenvalue weighted by atomic mass is 32.2. The van der Waals surface area contributed by atoms with Crippen LogP contribution < -0.4 is 24.8 Å². The van der Waals surface area contributed by atoms with Gasteiger partial charge in [-0.05, 0) is 76.3 Å². The van der Waals surface area contributed by atoms with E-state index in [0.717, 1.165) is 17.0 Å². The minimum absolute atomic E-state index is 0.00731. The number of aromatic nitrogens is 1. The maximum Gasteiger partial charge on any atom is 0.427 e. The lowest BCUT2D eigenvalue weighted by molar-refractivity contribution is -0.244. The molecule has 3 heterocycles. The van der Waals surface area contributed by atoms with Crippen LogP contribution >= 0.6 is 0 Å². The Morgan fingerprint density at radius 2 is 1.81 bits per heavy atom. The van der Waals surface area contributed by atoms with Gasteiger partial charge in [0.2, 0.25) is 33.3 Å². The SMILES string of the molecule is COc1cc(F)cc2c(OC3CC4C(=O)NC5(C(=O)NS(=O)(=O)C6(CF)CC6)CC5C=CCCC(C)CC(C)C(NC(=O)OC(C)(C)C(F)(F)F)C(=O)N4C3)nccc12. The Kier molecular flexibility index (Phi) is 11.9. The molecule has 20 heteroatoms. The molecule has 2 aliphatic heterocycles. The summed E-state index contributed by atoms with van der Waals surface area (Å²) in [5.41, 5.74) is -4.74. The molecule has 3 fully saturated rings. The molecule has 1 aromatic carbocycles. The molecule has 0 spiro atoms. The zero-order valence-corrected chi connectivity index (χ0v) is 34.0. The zero-order chi connectivity index (χ0) is 43.3. The second-order valence-electron chi connectivity index (χ2n) is 16.7. The molecule has 0 bridgehead atoms. The fourth-order valence-corrected chi connectivity index (χ4v) is 9.23. The van der Waals surface area contributed by atoms with Crippen LogP contribution in [0.1, 0.15) is 72.6 Å². The van der Waals surface area contributed by atoms with Gasteiger partial charge in [-0.15, -0.1) is 0 Å². The van der Waals surface area contributed by atoms with Gasteiger partial charge >= 0.3 is 12.3 Å². The first kappa shape index (κ1) is 43.8. The minimum Gasteiger partial charge on any atom is -0.496 e. The van der Waals surface area contributed by atoms with Crippen LogP contribution in [0.5, 0.6) is 11.6 Å². The first-order chi connectivity index (χ1) is 27.6. The van der Waals surface area contributed by atoms with E-state index in [2.05, 4.69) is 15.6 Å². The third-order valence-corrected chi connectivity index (χ3v) is 14.0. The van der Waals surface area contributed by atoms with Gasteiger partial charge in [0.05, 0.1) is 19.0 Å². The van der Waals surface area contributed by atoms with Gasteiger partial charge in [-0.25, -0.2) is 27.0 Å². The number of ether oxygens (including phenoxy) is 3. The van der Waals surface area contributed by atoms with E-state index in [1.165, 1.54) is 13.3 Å². The van der Waals surface area contributed by atoms with Crippen LogP contribution in [0, 0.1) is 23.6 Å². The molecule has 3 N–H and O–H groups in total. The third kappa shape index (κ3) is 8.77. The average molecular weight is 858 g/mol. The summed E-state index contributed by atoms with van der Waals surface area (Å²) >= 11 is 0. The first-order valence-corrected chi connectivity index (χ1v) is 20.8. The lowest BCUT2D eigenvalue weighted by atomic mass is 9.88. The highest BCUT2D eigenvalue weighted by Gasteiger charge is 2.64. The quantitative estimate of drug-likeness (QED) is 0.229. The molecular weight excluding hydrogens is 810 g/mol. The van der Waals surface area contributed by atoms with Gasteiger partial charge in [0.15, 0.2) is 0 Å². The standard InChI is InChI=1S/C39H48F5N5O9S/c1-21-8-6-7-9-23-18-38(23,34(52)48-59(54,55)37(20-40)11-12-37)47-31(50)28-17-25(57-32-27-15-24(41)16-29(56-5)26(27)10-13-45-32)19-49(28)33(51)30(22(2)14-21)46-35(53)58-36(3,4)39(42,43)44/h7,9-10,13,15-16,21-23,25,28,30H,6,8,11-12,14,17-20H2,1-5H3,(H,46,53)(H,47,50)(H,48,52). The number of carbonyl (C=O) groups excluding carboxylic acids is 4. The number of nitrogens with zero attached hydrogens (tertiary/aromatic N) is 2. The zero-order valence-electron chi connectivity index (χ0n) is 33.2. The highest BCUT2D eigenvalue weighted by molar-refractivity contribution is 7.91. The number of hydrogen-bond acceptors (Lipinski definition) is 10. The van der Waals surface area contributed by atoms with Crippen molar-refractivity contribution in [1.29, 1.82) is 0 Å². The number of benzene rings is 1. The van der Waals surface area contributed by atoms with Crippen molar-refractivity contribution in [2.75, 3.05) is 20.3 Å². The van der Waals surface area contributed by atoms with Crippen molar-refractivity contribution in [3.63, 3.8) is 0 Å². The molecule has 59 heavy (non-hydrogen) atoms. The number of carbonyl (C=O) groups is 4. The number of methoxy groups -OCH3 is 1. The lowest BCUT2D eigenvalue weighted by Crippen LogP contribution is -2.60. The van der Waals surface area contributed by atoms with Crippen molar-refractivity contribution in [3.8, 4) is 11.6 Å². The summed E-state index contributed by atoms with van der Waals surface area (Å²) in [6.07, 6.45) is -1.62. The maximum absolute atomic E-state index is 14.7. The Bertz CT molecular complexity index is 2130. The molecule has 4 aliphatic rings. The molecule has 7 unspecified atom stereocenters. The molecule has 1 saturated heterocycles. The Morgan fingerprint density at radius 3 is 2.46 bits per heavy atom. The van der Waals surface area contributed by atoms with E-state index in [0.29, 0.717) is 38.5 Å². The van der Waals surface area contributed by atoms with E-state index < -0.39 is 98.4 Å². The van der Waals surface area contributed by atoms with E-state index >= 15 is 0 Å². The molecule has 14 nitrogen and oxygen atoms in total. The third-order valence-electron chi connectivity index (χ3n) is 11.8. The monoisotopic (exact) mass is 857 g/mol. The molecule has 7 atom stereocenters. The van der Waals surface area contributed by atoms with Crippen LogP contribution in [0.2, 0.25) is 0 Å². The summed E-state index contributed by atoms with van der Waals surface area (Å²) in [5.74, 6) is -4.94. The van der Waals surface area contributed by atoms with Crippen molar-refractivity contribution in [3.05, 3.63) is 42.4 Å². The summed E-state index contributed by atoms with van der Waals surface area (Å²) in [5, 5.41) is 5.63. The van der Waals surface area contributed by atoms with Gasteiger partial charge in [0.1, 0.15) is 46.7 Å². The van der Waals surface area contributed by atoms with E-state index in [9.17, 15) is 49.5 Å². The molecule has 0 radical (unpaired) electrons. The Balaban J connectivity index is 1.37. The normalized spacial score (nSPS) is 28.6. The summed E-state index contributed by atoms with van der Waals surface area (Å²) in [6, 6.07) is 0.913. The van der Waals surface area contributed by atoms with Gasteiger partial charge in [0, 0.05) is 30.0 Å². The van der Waals surface area contributed by atoms with Crippen molar-refractivity contribution in [2.24, 2.45) is 17.8 Å². The summed E-state index contributed by atoms with van der Waals surface area (Å²) < 4.78 is 113. The van der Waals surface area contributed by atoms with Crippen LogP contribution in [0.25, 0.3) is 10.8 Å². The number of pyridine rings is 1. The summed E-state index contributed by atoms with van der Waals surface area (Å²) in [7, 11) is -3.14. The van der Waals surface area contributed by atoms with Crippen molar-refractivity contribution >= 4 is 44.6 Å². The van der Waals surface area contributed by atoms with Crippen LogP contribution in [0.15, 0.2) is 36.5 Å². The van der Waals surface area contributed by atoms with Gasteiger partial charge in [0.25, 0.3) is 5.91 Å². The van der Waals surface area contributed by atoms with Crippen LogP contribution in [-0.2, 0) is 29.1 Å². The van der Waals surface area contributed by atoms with Crippen molar-refractivity contribution in [2.45, 2.75) is 113 Å². The topological polar surface area (TPSA) is 182 Å². The molecule has 6 rings (SSSR count). The number of rotatable bonds is 9. The molecule has 2 aliphatic carbocycles. The highest BCUT2D eigenvalue weighted by Crippen LogP contribution is 2.48. The van der Waals surface area contributed by atoms with E-state index in [-0.39, 0.29) is 55.2 Å². The number of nitrogens with one attached hydrogen (secondary N) is 3. The largest absolute Gasteiger partial charge is 0.496 e. The number of hydrogen-bond donors (Lipinski definition) is 3. The van der Waals surface area contributed by atoms with Gasteiger partial charge in [-0.2, -0.15) is 13.2 Å². The van der Waals surface area contributed by atoms with Crippen LogP contribution in [-0.4, -0.2) is 103 Å². The lowest BCUT2D eigenvalue weighted by Gasteiger charge is -2.34. The fourth-order valence-electron chi connectivity index (χ4n) is 7.81. The first-order valence-electron chi connectivity index (χ1n) is 19.3. The Labute approximate surface area is 338 Å². The number of fused-ring (bicyclic) bond motifs is 3. The second-order valence-corrected chi connectivity index (χ2v) is 18.7. The molecule has 2 saturated carbocycles. The Morgan fingerprint density at radius 1 is 1.10 bits per heavy atom. The van der Waals surface area contributed by atoms with E-state index in [4.69, 9.17) is 14.2 Å². The number of allylic oxidation sites excluding steroid dienone is 1. The Hall–Kier alpha value is -4.75. The number of alkyl halides is 4. The van der Waals surface area contributed by atoms with Crippen LogP contribution in [0.3, 0.4) is 0 Å². The average Bonchev–Trinajstić information content (AvgIpc) is 4.06. The van der Waals surface area contributed by atoms with E-state index in [1.807, 2.05) is 11.6 Å². The van der Waals surface area contributed by atoms with Crippen molar-refractivity contribution < 1.29 is 63.8 Å².